The molecule has 0 atom stereocenters. The number of benzene rings is 1. The fourth-order valence-electron chi connectivity index (χ4n) is 2.99. The molecule has 1 aromatic heterocycles. The van der Waals surface area contributed by atoms with Crippen LogP contribution in [0.5, 0.6) is 0 Å². The van der Waals surface area contributed by atoms with Crippen molar-refractivity contribution in [2.45, 2.75) is 38.6 Å². The molecule has 2 aromatic rings. The van der Waals surface area contributed by atoms with Crippen LogP contribution in [0.15, 0.2) is 12.1 Å². The summed E-state index contributed by atoms with van der Waals surface area (Å²) in [6.07, 6.45) is 3.09. The minimum atomic E-state index is -0.399. The zero-order valence-corrected chi connectivity index (χ0v) is 13.1. The van der Waals surface area contributed by atoms with Crippen molar-refractivity contribution in [1.29, 1.82) is 0 Å². The summed E-state index contributed by atoms with van der Waals surface area (Å²) in [4.78, 5) is 4.61. The molecule has 5 heteroatoms. The number of aromatic nitrogens is 2. The fraction of sp³-hybridized carbons (Fsp3) is 0.533. The molecule has 3 rings (SSSR count). The topological polar surface area (TPSA) is 17.8 Å². The van der Waals surface area contributed by atoms with E-state index in [4.69, 9.17) is 23.2 Å². The number of halogens is 3. The van der Waals surface area contributed by atoms with E-state index in [9.17, 15) is 4.39 Å². The Kier molecular flexibility index (Phi) is 3.46. The molecule has 0 spiro atoms. The van der Waals surface area contributed by atoms with E-state index in [1.54, 1.807) is 6.07 Å². The summed E-state index contributed by atoms with van der Waals surface area (Å²) >= 11 is 11.8. The van der Waals surface area contributed by atoms with Crippen molar-refractivity contribution in [3.05, 3.63) is 28.8 Å². The molecule has 0 aliphatic heterocycles. The Morgan fingerprint density at radius 3 is 2.70 bits per heavy atom. The first-order valence-electron chi connectivity index (χ1n) is 6.88. The van der Waals surface area contributed by atoms with Crippen molar-refractivity contribution in [2.24, 2.45) is 5.92 Å². The molecule has 1 aliphatic rings. The SMILES string of the molecule is CC(C)(C1CC1)n1c(CCCl)nc2cc(Cl)c(F)cc21. The predicted octanol–water partition coefficient (Wildman–Crippen LogP) is 4.76. The molecule has 1 saturated carbocycles. The van der Waals surface area contributed by atoms with Gasteiger partial charge in [-0.15, -0.1) is 11.6 Å². The Hall–Kier alpha value is -0.800. The van der Waals surface area contributed by atoms with Gasteiger partial charge in [-0.3, -0.25) is 0 Å². The van der Waals surface area contributed by atoms with Crippen LogP contribution in [0, 0.1) is 11.7 Å². The molecule has 0 bridgehead atoms. The van der Waals surface area contributed by atoms with Gasteiger partial charge in [-0.1, -0.05) is 11.6 Å². The average Bonchev–Trinajstić information content (AvgIpc) is 3.15. The second-order valence-electron chi connectivity index (χ2n) is 5.99. The number of hydrogen-bond acceptors (Lipinski definition) is 1. The van der Waals surface area contributed by atoms with Crippen LogP contribution in [0.2, 0.25) is 5.02 Å². The highest BCUT2D eigenvalue weighted by atomic mass is 35.5. The van der Waals surface area contributed by atoms with Gasteiger partial charge in [-0.2, -0.15) is 0 Å². The largest absolute Gasteiger partial charge is 0.322 e. The number of imidazole rings is 1. The molecule has 0 radical (unpaired) electrons. The third-order valence-electron chi connectivity index (χ3n) is 4.24. The normalized spacial score (nSPS) is 16.1. The van der Waals surface area contributed by atoms with Gasteiger partial charge >= 0.3 is 0 Å². The van der Waals surface area contributed by atoms with Crippen LogP contribution in [0.25, 0.3) is 11.0 Å². The fourth-order valence-corrected chi connectivity index (χ4v) is 3.32. The van der Waals surface area contributed by atoms with Crippen molar-refractivity contribution < 1.29 is 4.39 Å². The highest BCUT2D eigenvalue weighted by Gasteiger charge is 2.41. The summed E-state index contributed by atoms with van der Waals surface area (Å²) in [5.74, 6) is 1.63. The van der Waals surface area contributed by atoms with Crippen molar-refractivity contribution in [1.82, 2.24) is 9.55 Å². The summed E-state index contributed by atoms with van der Waals surface area (Å²) in [7, 11) is 0. The second-order valence-corrected chi connectivity index (χ2v) is 6.77. The van der Waals surface area contributed by atoms with Crippen molar-refractivity contribution >= 4 is 34.2 Å². The molecule has 20 heavy (non-hydrogen) atoms. The minimum absolute atomic E-state index is 0.0730. The molecule has 1 aromatic carbocycles. The van der Waals surface area contributed by atoms with Crippen LogP contribution in [0.1, 0.15) is 32.5 Å². The van der Waals surface area contributed by atoms with Crippen LogP contribution in [0.3, 0.4) is 0 Å². The second kappa shape index (κ2) is 4.88. The van der Waals surface area contributed by atoms with Gasteiger partial charge in [0.25, 0.3) is 0 Å². The van der Waals surface area contributed by atoms with Gasteiger partial charge in [0.05, 0.1) is 16.1 Å². The van der Waals surface area contributed by atoms with Crippen LogP contribution >= 0.6 is 23.2 Å². The molecule has 2 nitrogen and oxygen atoms in total. The maximum atomic E-state index is 13.8. The maximum Gasteiger partial charge on any atom is 0.144 e. The zero-order valence-electron chi connectivity index (χ0n) is 11.6. The van der Waals surface area contributed by atoms with Crippen LogP contribution in [0.4, 0.5) is 4.39 Å². The highest BCUT2D eigenvalue weighted by Crippen LogP contribution is 2.46. The minimum Gasteiger partial charge on any atom is -0.322 e. The first-order chi connectivity index (χ1) is 9.45. The maximum absolute atomic E-state index is 13.8. The number of aryl methyl sites for hydroxylation is 1. The van der Waals surface area contributed by atoms with E-state index < -0.39 is 5.82 Å². The molecular formula is C15H17Cl2FN2. The van der Waals surface area contributed by atoms with Crippen LogP contribution in [-0.4, -0.2) is 15.4 Å². The first-order valence-corrected chi connectivity index (χ1v) is 7.79. The molecular weight excluding hydrogens is 298 g/mol. The number of alkyl halides is 1. The molecule has 0 amide bonds. The molecule has 1 heterocycles. The predicted molar refractivity (Wildman–Crippen MR) is 81.2 cm³/mol. The monoisotopic (exact) mass is 314 g/mol. The van der Waals surface area contributed by atoms with E-state index >= 15 is 0 Å². The van der Waals surface area contributed by atoms with Gasteiger partial charge in [0.15, 0.2) is 0 Å². The lowest BCUT2D eigenvalue weighted by Crippen LogP contribution is -2.30. The lowest BCUT2D eigenvalue weighted by atomic mass is 9.97. The van der Waals surface area contributed by atoms with E-state index in [2.05, 4.69) is 23.4 Å². The van der Waals surface area contributed by atoms with Gasteiger partial charge in [0.1, 0.15) is 11.6 Å². The quantitative estimate of drug-likeness (QED) is 0.744. The van der Waals surface area contributed by atoms with Gasteiger partial charge in [-0.05, 0) is 38.7 Å². The lowest BCUT2D eigenvalue weighted by molar-refractivity contribution is 0.304. The standard InChI is InChI=1S/C15H17Cl2FN2/c1-15(2,9-3-4-9)20-13-8-11(18)10(17)7-12(13)19-14(20)5-6-16/h7-9H,3-6H2,1-2H3. The molecule has 0 saturated heterocycles. The van der Waals surface area contributed by atoms with Crippen LogP contribution < -0.4 is 0 Å². The molecule has 0 unspecified atom stereocenters. The van der Waals surface area contributed by atoms with E-state index in [0.717, 1.165) is 16.9 Å². The Labute approximate surface area is 127 Å². The highest BCUT2D eigenvalue weighted by molar-refractivity contribution is 6.31. The summed E-state index contributed by atoms with van der Waals surface area (Å²) in [5.41, 5.74) is 1.48. The third-order valence-corrected chi connectivity index (χ3v) is 4.72. The van der Waals surface area contributed by atoms with Gasteiger partial charge in [0, 0.05) is 23.9 Å². The number of hydrogen-bond donors (Lipinski definition) is 0. The Morgan fingerprint density at radius 2 is 2.10 bits per heavy atom. The smallest absolute Gasteiger partial charge is 0.144 e. The Morgan fingerprint density at radius 1 is 1.40 bits per heavy atom. The lowest BCUT2D eigenvalue weighted by Gasteiger charge is -2.29. The molecule has 1 fully saturated rings. The van der Waals surface area contributed by atoms with Crippen molar-refractivity contribution in [3.8, 4) is 0 Å². The zero-order chi connectivity index (χ0) is 14.5. The van der Waals surface area contributed by atoms with Gasteiger partial charge in [0.2, 0.25) is 0 Å². The van der Waals surface area contributed by atoms with Crippen molar-refractivity contribution in [3.63, 3.8) is 0 Å². The van der Waals surface area contributed by atoms with Gasteiger partial charge in [-0.25, -0.2) is 9.37 Å². The molecule has 0 N–H and O–H groups in total. The average molecular weight is 315 g/mol. The summed E-state index contributed by atoms with van der Waals surface area (Å²) in [6, 6.07) is 3.09. The van der Waals surface area contributed by atoms with E-state index in [1.807, 2.05) is 0 Å². The first kappa shape index (κ1) is 14.2. The number of nitrogens with zero attached hydrogens (tertiary/aromatic N) is 2. The van der Waals surface area contributed by atoms with Crippen LogP contribution in [-0.2, 0) is 12.0 Å². The third kappa shape index (κ3) is 2.21. The Balaban J connectivity index is 2.25. The van der Waals surface area contributed by atoms with Crippen molar-refractivity contribution in [2.75, 3.05) is 5.88 Å². The number of fused-ring (bicyclic) bond motifs is 1. The molecule has 1 aliphatic carbocycles. The Bertz CT molecular complexity index is 659. The summed E-state index contributed by atoms with van der Waals surface area (Å²) in [5, 5.41) is 0.115. The van der Waals surface area contributed by atoms with E-state index in [0.29, 0.717) is 18.2 Å². The number of rotatable bonds is 4. The summed E-state index contributed by atoms with van der Waals surface area (Å²) in [6.45, 7) is 4.38. The molecule has 108 valence electrons. The van der Waals surface area contributed by atoms with E-state index in [1.165, 1.54) is 18.9 Å². The summed E-state index contributed by atoms with van der Waals surface area (Å²) < 4.78 is 16.0. The van der Waals surface area contributed by atoms with E-state index in [-0.39, 0.29) is 10.6 Å². The van der Waals surface area contributed by atoms with Gasteiger partial charge < -0.3 is 4.57 Å².